The molecule has 1 N–H and O–H groups in total. The lowest BCUT2D eigenvalue weighted by Gasteiger charge is -2.11. The maximum absolute atomic E-state index is 11.8. The highest BCUT2D eigenvalue weighted by molar-refractivity contribution is 6.30. The second kappa shape index (κ2) is 7.85. The van der Waals surface area contributed by atoms with E-state index < -0.39 is 0 Å². The molecule has 2 aromatic rings. The lowest BCUT2D eigenvalue weighted by Crippen LogP contribution is -2.20. The average Bonchev–Trinajstić information content (AvgIpc) is 2.52. The Kier molecular flexibility index (Phi) is 5.84. The number of anilines is 1. The van der Waals surface area contributed by atoms with Gasteiger partial charge in [-0.2, -0.15) is 0 Å². The Labute approximate surface area is 136 Å². The van der Waals surface area contributed by atoms with E-state index in [9.17, 15) is 4.79 Å². The molecule has 2 aromatic carbocycles. The number of nitrogens with one attached hydrogen (secondary N) is 1. The van der Waals surface area contributed by atoms with Crippen LogP contribution in [0.4, 0.5) is 5.69 Å². The minimum atomic E-state index is -0.215. The quantitative estimate of drug-likeness (QED) is 0.825. The molecule has 0 spiro atoms. The summed E-state index contributed by atoms with van der Waals surface area (Å²) in [5.74, 6) is 1.00. The molecule has 0 aliphatic rings. The summed E-state index contributed by atoms with van der Waals surface area (Å²) in [5, 5.41) is 3.33. The topological polar surface area (TPSA) is 38.3 Å². The van der Waals surface area contributed by atoms with Crippen molar-refractivity contribution < 1.29 is 9.53 Å². The van der Waals surface area contributed by atoms with Crippen LogP contribution in [-0.4, -0.2) is 12.5 Å². The molecular weight excluding hydrogens is 298 g/mol. The summed E-state index contributed by atoms with van der Waals surface area (Å²) in [6, 6.07) is 14.9. The molecule has 2 rings (SSSR count). The van der Waals surface area contributed by atoms with Crippen LogP contribution in [0.2, 0.25) is 5.02 Å². The zero-order valence-corrected chi connectivity index (χ0v) is 13.6. The lowest BCUT2D eigenvalue weighted by molar-refractivity contribution is -0.118. The minimum Gasteiger partial charge on any atom is -0.484 e. The molecule has 4 heteroatoms. The van der Waals surface area contributed by atoms with E-state index in [4.69, 9.17) is 16.3 Å². The van der Waals surface area contributed by atoms with Crippen LogP contribution in [0.5, 0.6) is 5.75 Å². The van der Waals surface area contributed by atoms with Crippen LogP contribution < -0.4 is 10.1 Å². The molecule has 1 atom stereocenters. The summed E-state index contributed by atoms with van der Waals surface area (Å²) < 4.78 is 5.49. The summed E-state index contributed by atoms with van der Waals surface area (Å²) >= 11 is 5.87. The van der Waals surface area contributed by atoms with E-state index in [0.717, 1.165) is 6.42 Å². The molecule has 0 unspecified atom stereocenters. The van der Waals surface area contributed by atoms with Gasteiger partial charge in [0.15, 0.2) is 6.61 Å². The van der Waals surface area contributed by atoms with Crippen molar-refractivity contribution in [2.24, 2.45) is 0 Å². The minimum absolute atomic E-state index is 0.0325. The van der Waals surface area contributed by atoms with Crippen molar-refractivity contribution in [1.82, 2.24) is 0 Å². The summed E-state index contributed by atoms with van der Waals surface area (Å²) in [7, 11) is 0. The molecule has 0 fully saturated rings. The number of carbonyl (C=O) groups excluding carboxylic acids is 1. The average molecular weight is 318 g/mol. The summed E-state index contributed by atoms with van der Waals surface area (Å²) in [6.07, 6.45) is 1.10. The van der Waals surface area contributed by atoms with Crippen LogP contribution in [-0.2, 0) is 4.79 Å². The van der Waals surface area contributed by atoms with Gasteiger partial charge in [-0.15, -0.1) is 0 Å². The van der Waals surface area contributed by atoms with Gasteiger partial charge >= 0.3 is 0 Å². The van der Waals surface area contributed by atoms with E-state index in [2.05, 4.69) is 19.2 Å². The second-order valence-corrected chi connectivity index (χ2v) is 5.66. The van der Waals surface area contributed by atoms with Gasteiger partial charge in [-0.3, -0.25) is 4.79 Å². The molecule has 0 saturated carbocycles. The molecule has 0 bridgehead atoms. The Hall–Kier alpha value is -2.00. The zero-order chi connectivity index (χ0) is 15.9. The largest absolute Gasteiger partial charge is 0.484 e. The Balaban J connectivity index is 1.86. The Bertz CT molecular complexity index is 625. The summed E-state index contributed by atoms with van der Waals surface area (Å²) in [5.41, 5.74) is 1.94. The third-order valence-electron chi connectivity index (χ3n) is 3.54. The predicted molar refractivity (Wildman–Crippen MR) is 90.7 cm³/mol. The third kappa shape index (κ3) is 4.78. The van der Waals surface area contributed by atoms with Gasteiger partial charge in [0.2, 0.25) is 0 Å². The number of carbonyl (C=O) groups is 1. The SMILES string of the molecule is CC[C@H](C)c1ccc(OCC(=O)Nc2cccc(Cl)c2)cc1. The molecule has 0 radical (unpaired) electrons. The first-order valence-corrected chi connectivity index (χ1v) is 7.74. The van der Waals surface area contributed by atoms with Gasteiger partial charge in [0.1, 0.15) is 5.75 Å². The van der Waals surface area contributed by atoms with Crippen LogP contribution in [0.3, 0.4) is 0 Å². The van der Waals surface area contributed by atoms with Crippen molar-refractivity contribution >= 4 is 23.2 Å². The normalized spacial score (nSPS) is 11.8. The van der Waals surface area contributed by atoms with E-state index in [0.29, 0.717) is 22.4 Å². The molecule has 22 heavy (non-hydrogen) atoms. The fourth-order valence-electron chi connectivity index (χ4n) is 2.04. The van der Waals surface area contributed by atoms with Crippen LogP contribution in [0.25, 0.3) is 0 Å². The van der Waals surface area contributed by atoms with Crippen LogP contribution in [0, 0.1) is 0 Å². The highest BCUT2D eigenvalue weighted by Gasteiger charge is 2.06. The number of amides is 1. The molecule has 0 aromatic heterocycles. The van der Waals surface area contributed by atoms with Gasteiger partial charge in [-0.05, 0) is 48.2 Å². The highest BCUT2D eigenvalue weighted by Crippen LogP contribution is 2.21. The molecule has 3 nitrogen and oxygen atoms in total. The summed E-state index contributed by atoms with van der Waals surface area (Å²) in [6.45, 7) is 4.32. The van der Waals surface area contributed by atoms with Crippen LogP contribution in [0.1, 0.15) is 31.7 Å². The van der Waals surface area contributed by atoms with Crippen LogP contribution in [0.15, 0.2) is 48.5 Å². The maximum atomic E-state index is 11.8. The van der Waals surface area contributed by atoms with E-state index in [1.165, 1.54) is 5.56 Å². The molecule has 0 aliphatic heterocycles. The monoisotopic (exact) mass is 317 g/mol. The zero-order valence-electron chi connectivity index (χ0n) is 12.8. The molecular formula is C18H20ClNO2. The van der Waals surface area contributed by atoms with Crippen molar-refractivity contribution in [2.45, 2.75) is 26.2 Å². The standard InChI is InChI=1S/C18H20ClNO2/c1-3-13(2)14-7-9-17(10-8-14)22-12-18(21)20-16-6-4-5-15(19)11-16/h4-11,13H,3,12H2,1-2H3,(H,20,21)/t13-/m0/s1. The predicted octanol–water partition coefficient (Wildman–Crippen LogP) is 4.87. The number of rotatable bonds is 6. The van der Waals surface area contributed by atoms with Crippen molar-refractivity contribution in [1.29, 1.82) is 0 Å². The van der Waals surface area contributed by atoms with E-state index >= 15 is 0 Å². The highest BCUT2D eigenvalue weighted by atomic mass is 35.5. The second-order valence-electron chi connectivity index (χ2n) is 5.23. The Morgan fingerprint density at radius 1 is 1.23 bits per heavy atom. The smallest absolute Gasteiger partial charge is 0.262 e. The number of benzene rings is 2. The van der Waals surface area contributed by atoms with Gasteiger partial charge in [0.05, 0.1) is 0 Å². The van der Waals surface area contributed by atoms with E-state index in [1.54, 1.807) is 24.3 Å². The number of hydrogen-bond donors (Lipinski definition) is 1. The number of ether oxygens (including phenoxy) is 1. The van der Waals surface area contributed by atoms with Gasteiger partial charge in [-0.25, -0.2) is 0 Å². The van der Waals surface area contributed by atoms with Crippen LogP contribution >= 0.6 is 11.6 Å². The first-order chi connectivity index (χ1) is 10.6. The first kappa shape index (κ1) is 16.4. The Morgan fingerprint density at radius 3 is 2.59 bits per heavy atom. The van der Waals surface area contributed by atoms with Crippen molar-refractivity contribution in [2.75, 3.05) is 11.9 Å². The van der Waals surface area contributed by atoms with Gasteiger partial charge in [0, 0.05) is 10.7 Å². The fourth-order valence-corrected chi connectivity index (χ4v) is 2.23. The van der Waals surface area contributed by atoms with Gasteiger partial charge in [0.25, 0.3) is 5.91 Å². The summed E-state index contributed by atoms with van der Waals surface area (Å²) in [4.78, 5) is 11.8. The van der Waals surface area contributed by atoms with Crippen molar-refractivity contribution in [3.8, 4) is 5.75 Å². The van der Waals surface area contributed by atoms with E-state index in [-0.39, 0.29) is 12.5 Å². The molecule has 1 amide bonds. The first-order valence-electron chi connectivity index (χ1n) is 7.36. The molecule has 0 aliphatic carbocycles. The van der Waals surface area contributed by atoms with Crippen molar-refractivity contribution in [3.05, 3.63) is 59.1 Å². The fraction of sp³-hybridized carbons (Fsp3) is 0.278. The lowest BCUT2D eigenvalue weighted by atomic mass is 9.99. The number of halogens is 1. The van der Waals surface area contributed by atoms with E-state index in [1.807, 2.05) is 24.3 Å². The van der Waals surface area contributed by atoms with Crippen molar-refractivity contribution in [3.63, 3.8) is 0 Å². The Morgan fingerprint density at radius 2 is 1.95 bits per heavy atom. The molecule has 0 heterocycles. The maximum Gasteiger partial charge on any atom is 0.262 e. The molecule has 116 valence electrons. The third-order valence-corrected chi connectivity index (χ3v) is 3.77. The van der Waals surface area contributed by atoms with Gasteiger partial charge in [-0.1, -0.05) is 43.6 Å². The molecule has 0 saturated heterocycles. The van der Waals surface area contributed by atoms with Gasteiger partial charge < -0.3 is 10.1 Å². The number of hydrogen-bond acceptors (Lipinski definition) is 2.